The van der Waals surface area contributed by atoms with Gasteiger partial charge in [-0.3, -0.25) is 4.79 Å². The normalized spacial score (nSPS) is 10.8. The molecule has 1 aromatic heterocycles. The lowest BCUT2D eigenvalue weighted by atomic mass is 10.0. The van der Waals surface area contributed by atoms with E-state index in [1.54, 1.807) is 0 Å². The molecule has 0 atom stereocenters. The predicted octanol–water partition coefficient (Wildman–Crippen LogP) is 7.35. The average Bonchev–Trinajstić information content (AvgIpc) is 3.37. The van der Waals surface area contributed by atoms with E-state index in [4.69, 9.17) is 0 Å². The minimum Gasteiger partial charge on any atom is -0.345 e. The maximum Gasteiger partial charge on any atom is 0.254 e. The second-order valence-electron chi connectivity index (χ2n) is 9.14. The monoisotopic (exact) mass is 470 g/mol. The third-order valence-electron chi connectivity index (χ3n) is 6.62. The Hall–Kier alpha value is -4.37. The highest BCUT2D eigenvalue weighted by atomic mass is 16.2. The van der Waals surface area contributed by atoms with Crippen molar-refractivity contribution in [3.8, 4) is 11.1 Å². The standard InChI is InChI=1S/C33H30N2O/c1-26-11-8-9-16-31(26)24-34-22-10-17-32(34)25-35(23-27-12-4-2-5-13-27)33(36)30-20-18-29(19-21-30)28-14-6-3-7-15-28/h2-22H,23-25H2,1H3. The summed E-state index contributed by atoms with van der Waals surface area (Å²) in [5.41, 5.74) is 7.73. The Morgan fingerprint density at radius 1 is 0.667 bits per heavy atom. The SMILES string of the molecule is Cc1ccccc1Cn1cccc1CN(Cc1ccccc1)C(=O)c1ccc(-c2ccccc2)cc1. The molecule has 0 bridgehead atoms. The van der Waals surface area contributed by atoms with E-state index in [-0.39, 0.29) is 5.91 Å². The van der Waals surface area contributed by atoms with Gasteiger partial charge < -0.3 is 9.47 Å². The van der Waals surface area contributed by atoms with Crippen molar-refractivity contribution in [3.05, 3.63) is 155 Å². The summed E-state index contributed by atoms with van der Waals surface area (Å²) >= 11 is 0. The molecule has 0 aliphatic heterocycles. The van der Waals surface area contributed by atoms with Crippen LogP contribution in [0.25, 0.3) is 11.1 Å². The van der Waals surface area contributed by atoms with E-state index in [0.29, 0.717) is 18.7 Å². The minimum absolute atomic E-state index is 0.0297. The van der Waals surface area contributed by atoms with Gasteiger partial charge in [0.1, 0.15) is 0 Å². The molecule has 5 aromatic rings. The van der Waals surface area contributed by atoms with Crippen molar-refractivity contribution in [2.45, 2.75) is 26.6 Å². The van der Waals surface area contributed by atoms with Gasteiger partial charge in [0.2, 0.25) is 0 Å². The smallest absolute Gasteiger partial charge is 0.254 e. The topological polar surface area (TPSA) is 25.2 Å². The van der Waals surface area contributed by atoms with Crippen molar-refractivity contribution in [1.82, 2.24) is 9.47 Å². The molecule has 3 nitrogen and oxygen atoms in total. The second-order valence-corrected chi connectivity index (χ2v) is 9.14. The first kappa shape index (κ1) is 23.4. The number of carbonyl (C=O) groups is 1. The third-order valence-corrected chi connectivity index (χ3v) is 6.62. The van der Waals surface area contributed by atoms with Crippen LogP contribution in [0.5, 0.6) is 0 Å². The Balaban J connectivity index is 1.41. The number of aromatic nitrogens is 1. The molecule has 5 rings (SSSR count). The largest absolute Gasteiger partial charge is 0.345 e. The maximum atomic E-state index is 13.8. The zero-order valence-electron chi connectivity index (χ0n) is 20.5. The van der Waals surface area contributed by atoms with Gasteiger partial charge in [0.25, 0.3) is 5.91 Å². The molecule has 1 heterocycles. The van der Waals surface area contributed by atoms with Crippen LogP contribution in [0.2, 0.25) is 0 Å². The van der Waals surface area contributed by atoms with Gasteiger partial charge in [-0.15, -0.1) is 0 Å². The third kappa shape index (κ3) is 5.47. The van der Waals surface area contributed by atoms with E-state index in [1.807, 2.05) is 65.6 Å². The molecule has 3 heteroatoms. The number of hydrogen-bond acceptors (Lipinski definition) is 1. The van der Waals surface area contributed by atoms with Crippen molar-refractivity contribution in [2.24, 2.45) is 0 Å². The first-order valence-corrected chi connectivity index (χ1v) is 12.3. The molecule has 0 unspecified atom stereocenters. The molecule has 4 aromatic carbocycles. The molecule has 178 valence electrons. The molecular weight excluding hydrogens is 440 g/mol. The van der Waals surface area contributed by atoms with E-state index in [0.717, 1.165) is 28.9 Å². The van der Waals surface area contributed by atoms with E-state index >= 15 is 0 Å². The van der Waals surface area contributed by atoms with Gasteiger partial charge in [-0.25, -0.2) is 0 Å². The number of nitrogens with zero attached hydrogens (tertiary/aromatic N) is 2. The highest BCUT2D eigenvalue weighted by Gasteiger charge is 2.19. The summed E-state index contributed by atoms with van der Waals surface area (Å²) in [6.45, 7) is 4.01. The summed E-state index contributed by atoms with van der Waals surface area (Å²) in [7, 11) is 0. The lowest BCUT2D eigenvalue weighted by Crippen LogP contribution is -2.31. The summed E-state index contributed by atoms with van der Waals surface area (Å²) in [4.78, 5) is 15.7. The molecule has 36 heavy (non-hydrogen) atoms. The van der Waals surface area contributed by atoms with Crippen LogP contribution in [0.1, 0.15) is 32.7 Å². The van der Waals surface area contributed by atoms with E-state index < -0.39 is 0 Å². The Morgan fingerprint density at radius 3 is 2.03 bits per heavy atom. The highest BCUT2D eigenvalue weighted by Crippen LogP contribution is 2.22. The minimum atomic E-state index is 0.0297. The lowest BCUT2D eigenvalue weighted by Gasteiger charge is -2.24. The molecule has 0 fully saturated rings. The first-order valence-electron chi connectivity index (χ1n) is 12.3. The molecular formula is C33H30N2O. The van der Waals surface area contributed by atoms with Crippen LogP contribution >= 0.6 is 0 Å². The fourth-order valence-corrected chi connectivity index (χ4v) is 4.54. The number of carbonyl (C=O) groups excluding carboxylic acids is 1. The van der Waals surface area contributed by atoms with Crippen molar-refractivity contribution < 1.29 is 4.79 Å². The van der Waals surface area contributed by atoms with Crippen LogP contribution in [0.4, 0.5) is 0 Å². The van der Waals surface area contributed by atoms with Crippen LogP contribution in [0.15, 0.2) is 128 Å². The molecule has 0 saturated carbocycles. The zero-order valence-corrected chi connectivity index (χ0v) is 20.5. The quantitative estimate of drug-likeness (QED) is 0.233. The molecule has 1 amide bonds. The Kier molecular flexibility index (Phi) is 7.09. The maximum absolute atomic E-state index is 13.8. The van der Waals surface area contributed by atoms with E-state index in [2.05, 4.69) is 78.4 Å². The molecule has 0 aliphatic rings. The zero-order chi connectivity index (χ0) is 24.7. The first-order chi connectivity index (χ1) is 17.7. The van der Waals surface area contributed by atoms with Gasteiger partial charge in [0, 0.05) is 30.5 Å². The fourth-order valence-electron chi connectivity index (χ4n) is 4.54. The van der Waals surface area contributed by atoms with Crippen LogP contribution in [0, 0.1) is 6.92 Å². The number of amides is 1. The lowest BCUT2D eigenvalue weighted by molar-refractivity contribution is 0.0726. The molecule has 0 spiro atoms. The number of aryl methyl sites for hydroxylation is 1. The van der Waals surface area contributed by atoms with Gasteiger partial charge in [0.05, 0.1) is 6.54 Å². The Bertz CT molecular complexity index is 1420. The van der Waals surface area contributed by atoms with Crippen molar-refractivity contribution in [1.29, 1.82) is 0 Å². The summed E-state index contributed by atoms with van der Waals surface area (Å²) in [5, 5.41) is 0. The average molecular weight is 471 g/mol. The summed E-state index contributed by atoms with van der Waals surface area (Å²) < 4.78 is 2.24. The van der Waals surface area contributed by atoms with Crippen molar-refractivity contribution >= 4 is 5.91 Å². The molecule has 0 radical (unpaired) electrons. The number of hydrogen-bond donors (Lipinski definition) is 0. The second kappa shape index (κ2) is 10.9. The molecule has 0 N–H and O–H groups in total. The van der Waals surface area contributed by atoms with Crippen LogP contribution in [-0.4, -0.2) is 15.4 Å². The van der Waals surface area contributed by atoms with E-state index in [9.17, 15) is 4.79 Å². The van der Waals surface area contributed by atoms with Gasteiger partial charge in [-0.2, -0.15) is 0 Å². The Morgan fingerprint density at radius 2 is 1.31 bits per heavy atom. The van der Waals surface area contributed by atoms with Crippen LogP contribution < -0.4 is 0 Å². The summed E-state index contributed by atoms with van der Waals surface area (Å²) in [6.07, 6.45) is 2.10. The number of benzene rings is 4. The fraction of sp³-hybridized carbons (Fsp3) is 0.121. The highest BCUT2D eigenvalue weighted by molar-refractivity contribution is 5.94. The van der Waals surface area contributed by atoms with Crippen molar-refractivity contribution in [3.63, 3.8) is 0 Å². The van der Waals surface area contributed by atoms with Gasteiger partial charge in [-0.05, 0) is 59.0 Å². The molecule has 0 saturated heterocycles. The van der Waals surface area contributed by atoms with Crippen molar-refractivity contribution in [2.75, 3.05) is 0 Å². The van der Waals surface area contributed by atoms with E-state index in [1.165, 1.54) is 11.1 Å². The van der Waals surface area contributed by atoms with Gasteiger partial charge in [0.15, 0.2) is 0 Å². The summed E-state index contributed by atoms with van der Waals surface area (Å²) in [5.74, 6) is 0.0297. The number of rotatable bonds is 8. The van der Waals surface area contributed by atoms with Crippen LogP contribution in [-0.2, 0) is 19.6 Å². The van der Waals surface area contributed by atoms with Gasteiger partial charge in [-0.1, -0.05) is 97.1 Å². The summed E-state index contributed by atoms with van der Waals surface area (Å²) in [6, 6.07) is 41.0. The predicted molar refractivity (Wildman–Crippen MR) is 147 cm³/mol. The Labute approximate surface area is 213 Å². The van der Waals surface area contributed by atoms with Gasteiger partial charge >= 0.3 is 0 Å². The molecule has 0 aliphatic carbocycles. The van der Waals surface area contributed by atoms with Crippen LogP contribution in [0.3, 0.4) is 0 Å².